The van der Waals surface area contributed by atoms with Gasteiger partial charge in [-0.2, -0.15) is 4.98 Å². The molecule has 0 aliphatic carbocycles. The van der Waals surface area contributed by atoms with Crippen molar-refractivity contribution >= 4 is 39.6 Å². The normalized spacial score (nSPS) is 10.6. The van der Waals surface area contributed by atoms with E-state index >= 15 is 0 Å². The Morgan fingerprint density at radius 1 is 1.41 bits per heavy atom. The number of anilines is 1. The van der Waals surface area contributed by atoms with Crippen LogP contribution in [0.15, 0.2) is 42.3 Å². The average molecular weight is 333 g/mol. The molecule has 0 bridgehead atoms. The monoisotopic (exact) mass is 333 g/mol. The summed E-state index contributed by atoms with van der Waals surface area (Å²) in [5.74, 6) is 0.145. The van der Waals surface area contributed by atoms with Crippen molar-refractivity contribution in [3.05, 3.63) is 48.1 Å². The number of halogens is 1. The van der Waals surface area contributed by atoms with Gasteiger partial charge < -0.3 is 5.32 Å². The number of nitrogens with zero attached hydrogens (tertiary/aromatic N) is 3. The first kappa shape index (κ1) is 14.6. The molecule has 2 heterocycles. The van der Waals surface area contributed by atoms with E-state index in [-0.39, 0.29) is 5.82 Å². The van der Waals surface area contributed by atoms with Crippen LogP contribution < -0.4 is 10.6 Å². The first-order chi connectivity index (χ1) is 10.7. The van der Waals surface area contributed by atoms with Crippen LogP contribution in [0.4, 0.5) is 10.3 Å². The average Bonchev–Trinajstić information content (AvgIpc) is 3.06. The molecule has 0 fully saturated rings. The molecular formula is C14H12FN5S2. The van der Waals surface area contributed by atoms with Crippen LogP contribution >= 0.6 is 23.6 Å². The number of nitrogens with one attached hydrogen (secondary N) is 2. The summed E-state index contributed by atoms with van der Waals surface area (Å²) in [6, 6.07) is 6.26. The van der Waals surface area contributed by atoms with E-state index in [1.54, 1.807) is 22.7 Å². The van der Waals surface area contributed by atoms with Crippen molar-refractivity contribution in [2.75, 3.05) is 11.9 Å². The van der Waals surface area contributed by atoms with Crippen molar-refractivity contribution in [3.8, 4) is 11.3 Å². The maximum absolute atomic E-state index is 13.0. The minimum Gasteiger partial charge on any atom is -0.359 e. The zero-order valence-corrected chi connectivity index (χ0v) is 13.0. The number of aromatic nitrogens is 3. The molecule has 5 nitrogen and oxygen atoms in total. The highest BCUT2D eigenvalue weighted by Gasteiger charge is 2.12. The highest BCUT2D eigenvalue weighted by Crippen LogP contribution is 2.25. The second-order valence-electron chi connectivity index (χ2n) is 4.38. The van der Waals surface area contributed by atoms with Gasteiger partial charge in [0.1, 0.15) is 5.82 Å². The molecule has 0 saturated heterocycles. The Labute approximate surface area is 135 Å². The lowest BCUT2D eigenvalue weighted by Crippen LogP contribution is -2.28. The third kappa shape index (κ3) is 2.97. The van der Waals surface area contributed by atoms with Crippen LogP contribution in [0.3, 0.4) is 0 Å². The minimum atomic E-state index is -0.269. The molecule has 0 unspecified atom stereocenters. The Balaban J connectivity index is 1.86. The van der Waals surface area contributed by atoms with Gasteiger partial charge in [-0.1, -0.05) is 6.08 Å². The zero-order valence-electron chi connectivity index (χ0n) is 11.4. The second kappa shape index (κ2) is 6.20. The quantitative estimate of drug-likeness (QED) is 0.568. The van der Waals surface area contributed by atoms with E-state index < -0.39 is 0 Å². The zero-order chi connectivity index (χ0) is 15.5. The molecule has 112 valence electrons. The number of thiocarbonyl (C=S) groups is 1. The summed E-state index contributed by atoms with van der Waals surface area (Å²) >= 11 is 6.58. The van der Waals surface area contributed by atoms with Gasteiger partial charge in [0.15, 0.2) is 5.11 Å². The van der Waals surface area contributed by atoms with Crippen molar-refractivity contribution in [2.45, 2.75) is 0 Å². The molecule has 1 aromatic carbocycles. The van der Waals surface area contributed by atoms with Gasteiger partial charge >= 0.3 is 0 Å². The largest absolute Gasteiger partial charge is 0.359 e. The molecule has 0 radical (unpaired) electrons. The van der Waals surface area contributed by atoms with Crippen LogP contribution in [0.25, 0.3) is 16.2 Å². The Morgan fingerprint density at radius 2 is 2.18 bits per heavy atom. The number of hydrogen-bond acceptors (Lipinski definition) is 4. The maximum Gasteiger partial charge on any atom is 0.250 e. The van der Waals surface area contributed by atoms with E-state index in [1.807, 2.05) is 5.38 Å². The second-order valence-corrected chi connectivity index (χ2v) is 5.63. The topological polar surface area (TPSA) is 54.2 Å². The summed E-state index contributed by atoms with van der Waals surface area (Å²) in [5, 5.41) is 12.6. The highest BCUT2D eigenvalue weighted by atomic mass is 32.1. The number of thiazole rings is 1. The molecule has 0 saturated carbocycles. The van der Waals surface area contributed by atoms with Gasteiger partial charge in [0.05, 0.1) is 5.69 Å². The summed E-state index contributed by atoms with van der Waals surface area (Å²) in [5.41, 5.74) is 1.72. The van der Waals surface area contributed by atoms with Gasteiger partial charge in [0.25, 0.3) is 0 Å². The van der Waals surface area contributed by atoms with E-state index in [4.69, 9.17) is 12.2 Å². The first-order valence-electron chi connectivity index (χ1n) is 6.43. The Kier molecular flexibility index (Phi) is 4.12. The van der Waals surface area contributed by atoms with Crippen molar-refractivity contribution in [3.63, 3.8) is 0 Å². The van der Waals surface area contributed by atoms with Crippen LogP contribution in [-0.4, -0.2) is 26.3 Å². The molecule has 0 aliphatic rings. The van der Waals surface area contributed by atoms with Gasteiger partial charge in [-0.15, -0.1) is 23.0 Å². The highest BCUT2D eigenvalue weighted by molar-refractivity contribution is 7.80. The van der Waals surface area contributed by atoms with E-state index in [0.717, 1.165) is 16.2 Å². The molecule has 3 aromatic rings. The SMILES string of the molecule is C=CCNC(=S)Nc1nc2scc(-c3ccc(F)cc3)n2n1. The van der Waals surface area contributed by atoms with Gasteiger partial charge in [-0.05, 0) is 36.5 Å². The predicted molar refractivity (Wildman–Crippen MR) is 90.7 cm³/mol. The standard InChI is InChI=1S/C14H12FN5S2/c1-2-7-16-13(21)17-12-18-14-20(19-12)11(8-22-14)9-3-5-10(15)6-4-9/h2-6,8H,1,7H2,(H2,16,17,19,21). The predicted octanol–water partition coefficient (Wildman–Crippen LogP) is 3.07. The first-order valence-corrected chi connectivity index (χ1v) is 7.72. The third-order valence-electron chi connectivity index (χ3n) is 2.85. The van der Waals surface area contributed by atoms with E-state index in [0.29, 0.717) is 17.6 Å². The fourth-order valence-electron chi connectivity index (χ4n) is 1.86. The number of benzene rings is 1. The number of hydrogen-bond donors (Lipinski definition) is 2. The van der Waals surface area contributed by atoms with E-state index in [2.05, 4.69) is 27.3 Å². The molecular weight excluding hydrogens is 321 g/mol. The van der Waals surface area contributed by atoms with Crippen molar-refractivity contribution < 1.29 is 4.39 Å². The Bertz CT molecular complexity index is 821. The molecule has 0 spiro atoms. The smallest absolute Gasteiger partial charge is 0.250 e. The molecule has 22 heavy (non-hydrogen) atoms. The molecule has 3 rings (SSSR count). The maximum atomic E-state index is 13.0. The minimum absolute atomic E-state index is 0.269. The summed E-state index contributed by atoms with van der Waals surface area (Å²) < 4.78 is 14.7. The summed E-state index contributed by atoms with van der Waals surface area (Å²) in [6.45, 7) is 4.17. The molecule has 0 amide bonds. The van der Waals surface area contributed by atoms with E-state index in [1.165, 1.54) is 23.5 Å². The van der Waals surface area contributed by atoms with Gasteiger partial charge in [0, 0.05) is 17.5 Å². The van der Waals surface area contributed by atoms with Crippen molar-refractivity contribution in [1.29, 1.82) is 0 Å². The fraction of sp³-hybridized carbons (Fsp3) is 0.0714. The molecule has 2 aromatic heterocycles. The summed E-state index contributed by atoms with van der Waals surface area (Å²) in [6.07, 6.45) is 1.71. The van der Waals surface area contributed by atoms with E-state index in [9.17, 15) is 4.39 Å². The molecule has 0 atom stereocenters. The lowest BCUT2D eigenvalue weighted by Gasteiger charge is -2.04. The molecule has 8 heteroatoms. The lowest BCUT2D eigenvalue weighted by atomic mass is 10.2. The Hall–Kier alpha value is -2.32. The molecule has 2 N–H and O–H groups in total. The van der Waals surface area contributed by atoms with Crippen LogP contribution in [0.1, 0.15) is 0 Å². The number of rotatable bonds is 4. The fourth-order valence-corrected chi connectivity index (χ4v) is 2.87. The van der Waals surface area contributed by atoms with Crippen LogP contribution in [0.5, 0.6) is 0 Å². The lowest BCUT2D eigenvalue weighted by molar-refractivity contribution is 0.628. The van der Waals surface area contributed by atoms with Gasteiger partial charge in [-0.25, -0.2) is 8.91 Å². The van der Waals surface area contributed by atoms with Gasteiger partial charge in [-0.3, -0.25) is 5.32 Å². The van der Waals surface area contributed by atoms with Crippen LogP contribution in [0, 0.1) is 5.82 Å². The van der Waals surface area contributed by atoms with Crippen molar-refractivity contribution in [2.24, 2.45) is 0 Å². The number of fused-ring (bicyclic) bond motifs is 1. The molecule has 0 aliphatic heterocycles. The Morgan fingerprint density at radius 3 is 2.91 bits per heavy atom. The third-order valence-corrected chi connectivity index (χ3v) is 3.92. The van der Waals surface area contributed by atoms with Gasteiger partial charge in [0.2, 0.25) is 10.9 Å². The van der Waals surface area contributed by atoms with Crippen LogP contribution in [-0.2, 0) is 0 Å². The van der Waals surface area contributed by atoms with Crippen molar-refractivity contribution in [1.82, 2.24) is 19.9 Å². The summed E-state index contributed by atoms with van der Waals surface area (Å²) in [7, 11) is 0. The summed E-state index contributed by atoms with van der Waals surface area (Å²) in [4.78, 5) is 5.09. The van der Waals surface area contributed by atoms with Crippen LogP contribution in [0.2, 0.25) is 0 Å².